The predicted molar refractivity (Wildman–Crippen MR) is 325 cm³/mol. The highest BCUT2D eigenvalue weighted by Crippen LogP contribution is 2.30. The fourth-order valence-corrected chi connectivity index (χ4v) is 7.24. The van der Waals surface area contributed by atoms with Crippen molar-refractivity contribution in [2.45, 2.75) is 39.5 Å². The summed E-state index contributed by atoms with van der Waals surface area (Å²) in [6.07, 6.45) is 8.83. The molecule has 7 aromatic carbocycles. The number of para-hydroxylation sites is 2. The lowest BCUT2D eigenvalue weighted by molar-refractivity contribution is -0.413. The SMILES string of the molecule is CCCCCCOc1ccc(/C(C)=N/NC2=NCCN2)cc1[N+](=O)[O-].O=C(N/N=C/c1ccc(Cl)cc1Cl)c1ccc(O)c(O)c1.O=Nc1ccc(N/[NH+]=C/c2ccccc2O)cc1.O=Nc1ccccc1N/[NH+]=C/c1ccc(O)c(O)c1.[OH-].[OH-]. The number of benzene rings is 7. The average molecular weight is 1210 g/mol. The van der Waals surface area contributed by atoms with Crippen molar-refractivity contribution in [1.82, 2.24) is 16.2 Å². The third-order valence-electron chi connectivity index (χ3n) is 11.2. The number of nitro groups is 1. The van der Waals surface area contributed by atoms with E-state index < -0.39 is 10.8 Å². The molecule has 0 atom stereocenters. The summed E-state index contributed by atoms with van der Waals surface area (Å²) in [5.41, 5.74) is 16.1. The summed E-state index contributed by atoms with van der Waals surface area (Å²) >= 11 is 11.7. The fourth-order valence-electron chi connectivity index (χ4n) is 6.79. The molecule has 0 bridgehead atoms. The third kappa shape index (κ3) is 23.5. The number of nitro benzene ring substituents is 1. The van der Waals surface area contributed by atoms with Crippen LogP contribution in [0.25, 0.3) is 0 Å². The highest BCUT2D eigenvalue weighted by molar-refractivity contribution is 6.36. The summed E-state index contributed by atoms with van der Waals surface area (Å²) in [5, 5.41) is 81.1. The number of amides is 1. The topological polar surface area (TPSA) is 415 Å². The molecule has 0 aromatic heterocycles. The zero-order valence-electron chi connectivity index (χ0n) is 45.6. The molecule has 0 radical (unpaired) electrons. The van der Waals surface area contributed by atoms with E-state index in [9.17, 15) is 40.0 Å². The molecule has 446 valence electrons. The van der Waals surface area contributed by atoms with Gasteiger partial charge >= 0.3 is 5.69 Å². The molecular weight excluding hydrogens is 1150 g/mol. The van der Waals surface area contributed by atoms with Crippen LogP contribution in [0, 0.1) is 19.9 Å². The Morgan fingerprint density at radius 3 is 2.09 bits per heavy atom. The highest BCUT2D eigenvalue weighted by Gasteiger charge is 2.18. The minimum absolute atomic E-state index is 0. The number of halogens is 2. The van der Waals surface area contributed by atoms with Crippen LogP contribution < -0.4 is 42.0 Å². The summed E-state index contributed by atoms with van der Waals surface area (Å²) in [5.74, 6) is -0.492. The van der Waals surface area contributed by atoms with E-state index in [1.165, 1.54) is 36.5 Å². The van der Waals surface area contributed by atoms with E-state index in [0.29, 0.717) is 74.2 Å². The molecule has 14 N–H and O–H groups in total. The van der Waals surface area contributed by atoms with Crippen molar-refractivity contribution in [1.29, 1.82) is 0 Å². The van der Waals surface area contributed by atoms with Crippen molar-refractivity contribution < 1.29 is 61.1 Å². The van der Waals surface area contributed by atoms with Gasteiger partial charge in [-0.1, -0.05) is 79.7 Å². The maximum atomic E-state index is 11.8. The number of rotatable bonds is 20. The number of guanidine groups is 1. The standard InChI is InChI=1S/C17H25N5O3.C14H10Cl2N2O3.C13H11N3O3.C13H11N3O2.2H2O/c1-3-4-5-6-11-25-16-8-7-14(12-15(16)22(23)24)13(2)20-21-17-18-9-10-19-17;15-10-3-1-9(11(16)6-10)7-17-18-14(21)8-2-4-12(19)13(20)5-8;17-12-6-5-9(7-13(12)18)8-14-15-10-3-1-2-4-11(10)16-19;17-13-4-2-1-3-10(13)9-14-15-11-5-7-12(16-18)8-6-11;;/h7-8,12H,3-6,9-11H2,1-2H3,(H2,18,19,21);1-7,19-20H,(H,18,21);1-8,15,17-18H;1-9,15,17H;2*1H2/b20-13+;17-7+;14-8+;14-9+;;. The molecular formula is C57H61Cl2N13O13. The van der Waals surface area contributed by atoms with Crippen LogP contribution in [0.2, 0.25) is 10.0 Å². The monoisotopic (exact) mass is 1210 g/mol. The Morgan fingerprint density at radius 2 is 1.44 bits per heavy atom. The number of unbranched alkanes of at least 4 members (excludes halogenated alkanes) is 3. The number of nitrogens with zero attached hydrogens (tertiary/aromatic N) is 6. The lowest BCUT2D eigenvalue weighted by Crippen LogP contribution is -2.74. The Morgan fingerprint density at radius 1 is 0.741 bits per heavy atom. The van der Waals surface area contributed by atoms with Crippen molar-refractivity contribution in [2.75, 3.05) is 30.5 Å². The number of hydrogen-bond acceptors (Lipinski definition) is 22. The van der Waals surface area contributed by atoms with E-state index >= 15 is 0 Å². The van der Waals surface area contributed by atoms with Crippen molar-refractivity contribution in [2.24, 2.45) is 25.5 Å². The van der Waals surface area contributed by atoms with E-state index in [4.69, 9.17) is 38.2 Å². The summed E-state index contributed by atoms with van der Waals surface area (Å²) in [7, 11) is 0. The van der Waals surface area contributed by atoms with E-state index in [-0.39, 0.29) is 56.6 Å². The summed E-state index contributed by atoms with van der Waals surface area (Å²) in [6, 6.07) is 38.3. The van der Waals surface area contributed by atoms with E-state index in [0.717, 1.165) is 44.0 Å². The van der Waals surface area contributed by atoms with Gasteiger partial charge in [0.2, 0.25) is 12.2 Å². The van der Waals surface area contributed by atoms with Crippen LogP contribution in [0.5, 0.6) is 34.5 Å². The lowest BCUT2D eigenvalue weighted by Gasteiger charge is -2.09. The molecule has 0 fully saturated rings. The van der Waals surface area contributed by atoms with Gasteiger partial charge in [-0.25, -0.2) is 15.8 Å². The second kappa shape index (κ2) is 36.7. The number of nitrogens with one attached hydrogen (secondary N) is 7. The van der Waals surface area contributed by atoms with E-state index in [1.54, 1.807) is 122 Å². The van der Waals surface area contributed by atoms with Crippen LogP contribution in [0.3, 0.4) is 0 Å². The average Bonchev–Trinajstić information content (AvgIpc) is 4.17. The number of carbonyl (C=O) groups excluding carboxylic acids is 1. The molecule has 28 heteroatoms. The van der Waals surface area contributed by atoms with Crippen molar-refractivity contribution in [3.63, 3.8) is 0 Å². The maximum absolute atomic E-state index is 11.8. The summed E-state index contributed by atoms with van der Waals surface area (Å²) in [4.78, 5) is 47.6. The Balaban J connectivity index is 0.000000297. The number of nitroso groups, excluding NO2 is 2. The number of hydrazone groups is 4. The van der Waals surface area contributed by atoms with Crippen LogP contribution in [-0.4, -0.2) is 97.3 Å². The number of anilines is 2. The van der Waals surface area contributed by atoms with Crippen molar-refractivity contribution >= 4 is 87.9 Å². The van der Waals surface area contributed by atoms with E-state index in [2.05, 4.69) is 69.7 Å². The molecule has 0 saturated carbocycles. The van der Waals surface area contributed by atoms with Gasteiger partial charge in [0, 0.05) is 39.9 Å². The largest absolute Gasteiger partial charge is 0.870 e. The summed E-state index contributed by atoms with van der Waals surface area (Å²) < 4.78 is 5.59. The molecule has 7 aromatic rings. The van der Waals surface area contributed by atoms with Gasteiger partial charge in [-0.15, -0.1) is 20.0 Å². The predicted octanol–water partition coefficient (Wildman–Crippen LogP) is 7.98. The molecule has 8 rings (SSSR count). The Labute approximate surface area is 496 Å². The molecule has 1 aliphatic rings. The Hall–Kier alpha value is -10.5. The van der Waals surface area contributed by atoms with Crippen LogP contribution in [-0.2, 0) is 0 Å². The van der Waals surface area contributed by atoms with Gasteiger partial charge in [0.05, 0.1) is 46.3 Å². The third-order valence-corrected chi connectivity index (χ3v) is 11.8. The van der Waals surface area contributed by atoms with Crippen molar-refractivity contribution in [3.8, 4) is 34.5 Å². The molecule has 1 aliphatic heterocycles. The minimum Gasteiger partial charge on any atom is -0.870 e. The number of phenolic OH excluding ortho intramolecular Hbond substituents is 5. The molecule has 0 saturated heterocycles. The zero-order valence-corrected chi connectivity index (χ0v) is 47.1. The van der Waals surface area contributed by atoms with E-state index in [1.807, 2.05) is 6.07 Å². The van der Waals surface area contributed by atoms with Gasteiger partial charge in [-0.05, 0) is 133 Å². The minimum atomic E-state index is -0.536. The Kier molecular flexibility index (Phi) is 29.7. The number of aliphatic imine (C=N–C) groups is 1. The Bertz CT molecular complexity index is 3480. The first kappa shape index (κ1) is 68.7. The van der Waals surface area contributed by atoms with Gasteiger partial charge in [0.1, 0.15) is 22.8 Å². The second-order valence-corrected chi connectivity index (χ2v) is 18.1. The second-order valence-electron chi connectivity index (χ2n) is 17.3. The molecule has 85 heavy (non-hydrogen) atoms. The smallest absolute Gasteiger partial charge is 0.311 e. The number of aromatic hydroxyl groups is 5. The number of hydrazine groups is 2. The summed E-state index contributed by atoms with van der Waals surface area (Å²) in [6.45, 7) is 5.91. The van der Waals surface area contributed by atoms with Crippen LogP contribution in [0.15, 0.2) is 171 Å². The van der Waals surface area contributed by atoms with Gasteiger partial charge in [-0.3, -0.25) is 14.9 Å². The molecule has 26 nitrogen and oxygen atoms in total. The molecule has 1 amide bonds. The van der Waals surface area contributed by atoms with Crippen molar-refractivity contribution in [3.05, 3.63) is 203 Å². The first-order chi connectivity index (χ1) is 40.1. The zero-order chi connectivity index (χ0) is 59.9. The van der Waals surface area contributed by atoms with Gasteiger partial charge < -0.3 is 46.5 Å². The number of carbonyl (C=O) groups is 1. The quantitative estimate of drug-likeness (QED) is 0.00859. The van der Waals surface area contributed by atoms with Crippen LogP contribution >= 0.6 is 23.2 Å². The van der Waals surface area contributed by atoms with Gasteiger partial charge in [-0.2, -0.15) is 21.1 Å². The normalized spacial score (nSPS) is 11.3. The molecule has 0 unspecified atom stereocenters. The van der Waals surface area contributed by atoms with Crippen LogP contribution in [0.4, 0.5) is 28.4 Å². The molecule has 0 aliphatic carbocycles. The number of hydrogen-bond donors (Lipinski definition) is 12. The van der Waals surface area contributed by atoms with Gasteiger partial charge in [0.25, 0.3) is 5.91 Å². The maximum Gasteiger partial charge on any atom is 0.311 e. The molecule has 0 spiro atoms. The first-order valence-electron chi connectivity index (χ1n) is 25.2. The van der Waals surface area contributed by atoms with Crippen LogP contribution in [0.1, 0.15) is 72.1 Å². The highest BCUT2D eigenvalue weighted by atomic mass is 35.5. The fraction of sp³-hybridized carbons (Fsp3) is 0.158. The first-order valence-corrected chi connectivity index (χ1v) is 26.0. The number of ether oxygens (including phenoxy) is 1. The number of phenols is 5. The lowest BCUT2D eigenvalue weighted by atomic mass is 10.1. The van der Waals surface area contributed by atoms with Gasteiger partial charge in [0.15, 0.2) is 35.0 Å². The molecule has 1 heterocycles.